The molecular formula is C17H21N5O. The Kier molecular flexibility index (Phi) is 4.52. The Labute approximate surface area is 135 Å². The molecule has 0 amide bonds. The standard InChI is InChI=1S/C10H13N5O.C7H8/c1-5(11)9-14-15-10(16-9)8-6-3-2-4-7(6)12-13-8;1-7-5-3-2-4-6-7/h5H,2-4,11H2,1H3,(H,12,13);2-6H,1H3/t5-;/m0./s1. The summed E-state index contributed by atoms with van der Waals surface area (Å²) in [6.45, 7) is 3.90. The summed E-state index contributed by atoms with van der Waals surface area (Å²) in [5.41, 5.74) is 10.2. The summed E-state index contributed by atoms with van der Waals surface area (Å²) < 4.78 is 5.48. The van der Waals surface area contributed by atoms with Crippen LogP contribution in [0.1, 0.15) is 42.1 Å². The fraction of sp³-hybridized carbons (Fsp3) is 0.353. The Morgan fingerprint density at radius 1 is 1.17 bits per heavy atom. The fourth-order valence-corrected chi connectivity index (χ4v) is 2.54. The Balaban J connectivity index is 0.000000188. The van der Waals surface area contributed by atoms with Crippen molar-refractivity contribution < 1.29 is 4.42 Å². The van der Waals surface area contributed by atoms with Crippen LogP contribution < -0.4 is 5.73 Å². The lowest BCUT2D eigenvalue weighted by molar-refractivity contribution is 0.472. The second-order valence-electron chi connectivity index (χ2n) is 5.77. The van der Waals surface area contributed by atoms with Crippen molar-refractivity contribution in [1.82, 2.24) is 20.4 Å². The number of aromatic amines is 1. The van der Waals surface area contributed by atoms with Crippen LogP contribution in [0.4, 0.5) is 0 Å². The molecule has 1 aliphatic carbocycles. The summed E-state index contributed by atoms with van der Waals surface area (Å²) in [5, 5.41) is 15.1. The third-order valence-corrected chi connectivity index (χ3v) is 3.78. The number of nitrogens with zero attached hydrogens (tertiary/aromatic N) is 3. The molecule has 23 heavy (non-hydrogen) atoms. The van der Waals surface area contributed by atoms with Gasteiger partial charge in [-0.25, -0.2) is 0 Å². The van der Waals surface area contributed by atoms with Gasteiger partial charge in [-0.05, 0) is 33.1 Å². The van der Waals surface area contributed by atoms with Gasteiger partial charge in [-0.2, -0.15) is 5.10 Å². The molecule has 0 saturated carbocycles. The lowest BCUT2D eigenvalue weighted by atomic mass is 10.2. The third kappa shape index (κ3) is 3.48. The molecule has 4 rings (SSSR count). The number of rotatable bonds is 2. The molecule has 120 valence electrons. The fourth-order valence-electron chi connectivity index (χ4n) is 2.54. The Morgan fingerprint density at radius 2 is 1.96 bits per heavy atom. The molecule has 1 atom stereocenters. The van der Waals surface area contributed by atoms with E-state index in [2.05, 4.69) is 39.5 Å². The number of H-pyrrole nitrogens is 1. The van der Waals surface area contributed by atoms with Gasteiger partial charge in [0.2, 0.25) is 5.89 Å². The maximum absolute atomic E-state index is 5.67. The van der Waals surface area contributed by atoms with Gasteiger partial charge in [-0.3, -0.25) is 5.10 Å². The molecule has 6 heteroatoms. The maximum atomic E-state index is 5.67. The smallest absolute Gasteiger partial charge is 0.268 e. The van der Waals surface area contributed by atoms with Crippen molar-refractivity contribution in [2.75, 3.05) is 0 Å². The molecule has 3 aromatic rings. The first-order chi connectivity index (χ1) is 11.1. The van der Waals surface area contributed by atoms with Gasteiger partial charge in [-0.1, -0.05) is 35.9 Å². The number of hydrogen-bond acceptors (Lipinski definition) is 5. The first-order valence-electron chi connectivity index (χ1n) is 7.82. The SMILES string of the molecule is C[C@H](N)c1nnc(-c2n[nH]c3c2CCC3)o1.Cc1ccccc1. The highest BCUT2D eigenvalue weighted by Crippen LogP contribution is 2.29. The van der Waals surface area contributed by atoms with E-state index in [1.54, 1.807) is 0 Å². The van der Waals surface area contributed by atoms with Gasteiger partial charge in [0.05, 0.1) is 6.04 Å². The molecule has 2 aromatic heterocycles. The molecule has 0 spiro atoms. The van der Waals surface area contributed by atoms with Gasteiger partial charge < -0.3 is 10.2 Å². The van der Waals surface area contributed by atoms with Crippen LogP contribution in [0.15, 0.2) is 34.7 Å². The largest absolute Gasteiger partial charge is 0.417 e. The van der Waals surface area contributed by atoms with Crippen LogP contribution in [0.2, 0.25) is 0 Å². The van der Waals surface area contributed by atoms with Crippen LogP contribution in [0.3, 0.4) is 0 Å². The Hall–Kier alpha value is -2.47. The van der Waals surface area contributed by atoms with Crippen molar-refractivity contribution in [3.63, 3.8) is 0 Å². The molecule has 0 bridgehead atoms. The van der Waals surface area contributed by atoms with E-state index >= 15 is 0 Å². The highest BCUT2D eigenvalue weighted by molar-refractivity contribution is 5.55. The number of aryl methyl sites for hydroxylation is 2. The van der Waals surface area contributed by atoms with E-state index in [0.29, 0.717) is 11.8 Å². The molecule has 1 aliphatic rings. The van der Waals surface area contributed by atoms with Gasteiger partial charge in [0.15, 0.2) is 5.69 Å². The predicted octanol–water partition coefficient (Wildman–Crippen LogP) is 2.96. The zero-order chi connectivity index (χ0) is 16.2. The van der Waals surface area contributed by atoms with E-state index in [1.165, 1.54) is 16.8 Å². The number of nitrogens with one attached hydrogen (secondary N) is 1. The van der Waals surface area contributed by atoms with E-state index in [1.807, 2.05) is 25.1 Å². The quantitative estimate of drug-likeness (QED) is 0.759. The first-order valence-corrected chi connectivity index (χ1v) is 7.82. The van der Waals surface area contributed by atoms with E-state index < -0.39 is 0 Å². The van der Waals surface area contributed by atoms with Crippen molar-refractivity contribution in [2.45, 2.75) is 39.2 Å². The highest BCUT2D eigenvalue weighted by atomic mass is 16.4. The molecular weight excluding hydrogens is 290 g/mol. The summed E-state index contributed by atoms with van der Waals surface area (Å²) >= 11 is 0. The van der Waals surface area contributed by atoms with Crippen molar-refractivity contribution >= 4 is 0 Å². The number of nitrogens with two attached hydrogens (primary N) is 1. The maximum Gasteiger partial charge on any atom is 0.268 e. The third-order valence-electron chi connectivity index (χ3n) is 3.78. The first kappa shape index (κ1) is 15.4. The predicted molar refractivity (Wildman–Crippen MR) is 87.7 cm³/mol. The molecule has 2 heterocycles. The van der Waals surface area contributed by atoms with Gasteiger partial charge in [0.25, 0.3) is 5.89 Å². The lowest BCUT2D eigenvalue weighted by Crippen LogP contribution is -2.04. The summed E-state index contributed by atoms with van der Waals surface area (Å²) in [6.07, 6.45) is 3.23. The average Bonchev–Trinajstić information content (AvgIpc) is 3.25. The summed E-state index contributed by atoms with van der Waals surface area (Å²) in [4.78, 5) is 0. The van der Waals surface area contributed by atoms with Gasteiger partial charge >= 0.3 is 0 Å². The van der Waals surface area contributed by atoms with Gasteiger partial charge in [0, 0.05) is 11.3 Å². The van der Waals surface area contributed by atoms with Crippen LogP contribution in [-0.4, -0.2) is 20.4 Å². The van der Waals surface area contributed by atoms with Crippen LogP contribution in [0.5, 0.6) is 0 Å². The van der Waals surface area contributed by atoms with Crippen molar-refractivity contribution in [2.24, 2.45) is 5.73 Å². The minimum absolute atomic E-state index is 0.242. The van der Waals surface area contributed by atoms with Crippen molar-refractivity contribution in [1.29, 1.82) is 0 Å². The van der Waals surface area contributed by atoms with E-state index in [4.69, 9.17) is 10.2 Å². The Morgan fingerprint density at radius 3 is 2.57 bits per heavy atom. The van der Waals surface area contributed by atoms with Crippen LogP contribution in [0.25, 0.3) is 11.6 Å². The van der Waals surface area contributed by atoms with Gasteiger partial charge in [-0.15, -0.1) is 10.2 Å². The van der Waals surface area contributed by atoms with E-state index in [-0.39, 0.29) is 6.04 Å². The Bertz CT molecular complexity index is 760. The molecule has 3 N–H and O–H groups in total. The number of hydrogen-bond donors (Lipinski definition) is 2. The number of fused-ring (bicyclic) bond motifs is 1. The molecule has 0 aliphatic heterocycles. The summed E-state index contributed by atoms with van der Waals surface area (Å²) in [6, 6.07) is 10.0. The highest BCUT2D eigenvalue weighted by Gasteiger charge is 2.23. The molecule has 0 unspecified atom stereocenters. The molecule has 1 aromatic carbocycles. The minimum Gasteiger partial charge on any atom is -0.417 e. The van der Waals surface area contributed by atoms with E-state index in [0.717, 1.165) is 25.0 Å². The molecule has 0 saturated heterocycles. The normalized spacial score (nSPS) is 14.0. The van der Waals surface area contributed by atoms with Crippen LogP contribution in [-0.2, 0) is 12.8 Å². The number of aromatic nitrogens is 4. The number of benzene rings is 1. The lowest BCUT2D eigenvalue weighted by Gasteiger charge is -1.95. The second kappa shape index (κ2) is 6.75. The topological polar surface area (TPSA) is 93.6 Å². The molecule has 6 nitrogen and oxygen atoms in total. The zero-order valence-corrected chi connectivity index (χ0v) is 13.4. The summed E-state index contributed by atoms with van der Waals surface area (Å²) in [5.74, 6) is 0.913. The monoisotopic (exact) mass is 311 g/mol. The van der Waals surface area contributed by atoms with Crippen LogP contribution in [0, 0.1) is 6.92 Å². The van der Waals surface area contributed by atoms with Crippen LogP contribution >= 0.6 is 0 Å². The van der Waals surface area contributed by atoms with Crippen molar-refractivity contribution in [3.8, 4) is 11.6 Å². The molecule has 0 fully saturated rings. The summed E-state index contributed by atoms with van der Waals surface area (Å²) in [7, 11) is 0. The van der Waals surface area contributed by atoms with Crippen molar-refractivity contribution in [3.05, 3.63) is 53.0 Å². The van der Waals surface area contributed by atoms with E-state index in [9.17, 15) is 0 Å². The minimum atomic E-state index is -0.242. The molecule has 0 radical (unpaired) electrons. The second-order valence-corrected chi connectivity index (χ2v) is 5.77. The zero-order valence-electron chi connectivity index (χ0n) is 13.4. The average molecular weight is 311 g/mol. The van der Waals surface area contributed by atoms with Gasteiger partial charge in [0.1, 0.15) is 0 Å².